The van der Waals surface area contributed by atoms with E-state index in [1.807, 2.05) is 24.3 Å². The van der Waals surface area contributed by atoms with Crippen molar-refractivity contribution < 1.29 is 19.2 Å². The summed E-state index contributed by atoms with van der Waals surface area (Å²) in [7, 11) is 1.61. The van der Waals surface area contributed by atoms with Gasteiger partial charge in [0.05, 0.1) is 31.1 Å². The van der Waals surface area contributed by atoms with E-state index in [4.69, 9.17) is 9.15 Å². The van der Waals surface area contributed by atoms with Crippen molar-refractivity contribution in [2.45, 2.75) is 33.2 Å². The summed E-state index contributed by atoms with van der Waals surface area (Å²) < 4.78 is 11.3. The van der Waals surface area contributed by atoms with E-state index in [0.717, 1.165) is 24.4 Å². The molecule has 2 atom stereocenters. The number of hydrogen-bond donors (Lipinski definition) is 1. The second kappa shape index (κ2) is 7.91. The van der Waals surface area contributed by atoms with Crippen LogP contribution in [0.1, 0.15) is 31.1 Å². The normalized spacial score (nSPS) is 19.4. The summed E-state index contributed by atoms with van der Waals surface area (Å²) in [6, 6.07) is 10.5. The Kier molecular flexibility index (Phi) is 5.33. The summed E-state index contributed by atoms with van der Waals surface area (Å²) in [4.78, 5) is 14.7. The number of methoxy groups -OCH3 is 1. The molecule has 1 fully saturated rings. The molecule has 5 heteroatoms. The van der Waals surface area contributed by atoms with Crippen LogP contribution in [0.5, 0.6) is 11.5 Å². The first-order chi connectivity index (χ1) is 14.0. The van der Waals surface area contributed by atoms with Gasteiger partial charge in [-0.05, 0) is 43.5 Å². The number of aryl methyl sites for hydroxylation is 1. The zero-order valence-electron chi connectivity index (χ0n) is 17.2. The summed E-state index contributed by atoms with van der Waals surface area (Å²) in [6.45, 7) is 6.74. The maximum absolute atomic E-state index is 13.3. The van der Waals surface area contributed by atoms with Crippen molar-refractivity contribution in [3.63, 3.8) is 0 Å². The molecule has 2 heterocycles. The van der Waals surface area contributed by atoms with Crippen molar-refractivity contribution in [2.75, 3.05) is 20.2 Å². The highest BCUT2D eigenvalue weighted by atomic mass is 16.5. The van der Waals surface area contributed by atoms with Gasteiger partial charge in [-0.2, -0.15) is 0 Å². The third-order valence-corrected chi connectivity index (χ3v) is 5.97. The fourth-order valence-corrected chi connectivity index (χ4v) is 4.47. The van der Waals surface area contributed by atoms with E-state index in [1.165, 1.54) is 23.8 Å². The van der Waals surface area contributed by atoms with Gasteiger partial charge in [-0.15, -0.1) is 0 Å². The van der Waals surface area contributed by atoms with Gasteiger partial charge in [0.15, 0.2) is 0 Å². The first kappa shape index (κ1) is 19.5. The zero-order valence-corrected chi connectivity index (χ0v) is 17.2. The number of likely N-dealkylation sites (tertiary alicyclic amines) is 1. The standard InChI is InChI=1S/C24H27NO4/c1-15-5-4-12-25(13-15)14-20-21(26)11-10-19-23(27)22(16(2)29-24(19)20)17-6-8-18(28-3)9-7-17/h6-11,15,26H,4-5,12-14H2,1-3H3. The molecule has 0 saturated carbocycles. The van der Waals surface area contributed by atoms with Crippen molar-refractivity contribution in [1.82, 2.24) is 0 Å². The van der Waals surface area contributed by atoms with E-state index in [0.29, 0.717) is 40.3 Å². The SMILES string of the molecule is COc1ccc(-c2c(C)oc3c(C[NH+]4CCCC(C)C4)c([O-])ccc3c2=O)cc1. The molecule has 4 rings (SSSR count). The Bertz CT molecular complexity index is 1080. The minimum Gasteiger partial charge on any atom is -0.872 e. The lowest BCUT2D eigenvalue weighted by atomic mass is 9.98. The minimum absolute atomic E-state index is 0.0528. The number of rotatable bonds is 4. The Morgan fingerprint density at radius 1 is 1.21 bits per heavy atom. The third kappa shape index (κ3) is 3.75. The van der Waals surface area contributed by atoms with Crippen LogP contribution < -0.4 is 20.2 Å². The topological polar surface area (TPSA) is 66.9 Å². The van der Waals surface area contributed by atoms with Crippen molar-refractivity contribution in [3.8, 4) is 22.6 Å². The van der Waals surface area contributed by atoms with Crippen LogP contribution in [-0.2, 0) is 6.54 Å². The molecule has 1 aliphatic rings. The maximum Gasteiger partial charge on any atom is 0.200 e. The first-order valence-electron chi connectivity index (χ1n) is 10.2. The van der Waals surface area contributed by atoms with Crippen LogP contribution in [0.15, 0.2) is 45.6 Å². The smallest absolute Gasteiger partial charge is 0.200 e. The van der Waals surface area contributed by atoms with Gasteiger partial charge >= 0.3 is 0 Å². The summed E-state index contributed by atoms with van der Waals surface area (Å²) in [5, 5.41) is 13.1. The molecule has 29 heavy (non-hydrogen) atoms. The van der Waals surface area contributed by atoms with Gasteiger partial charge in [-0.25, -0.2) is 0 Å². The van der Waals surface area contributed by atoms with E-state index >= 15 is 0 Å². The maximum atomic E-state index is 13.3. The van der Waals surface area contributed by atoms with E-state index in [9.17, 15) is 9.90 Å². The molecule has 2 aromatic carbocycles. The van der Waals surface area contributed by atoms with Gasteiger partial charge < -0.3 is 19.2 Å². The highest BCUT2D eigenvalue weighted by Crippen LogP contribution is 2.29. The molecule has 1 aliphatic heterocycles. The predicted octanol–water partition coefficient (Wildman–Crippen LogP) is 2.67. The van der Waals surface area contributed by atoms with Crippen molar-refractivity contribution in [2.24, 2.45) is 5.92 Å². The second-order valence-electron chi connectivity index (χ2n) is 8.14. The number of piperidine rings is 1. The predicted molar refractivity (Wildman–Crippen MR) is 111 cm³/mol. The summed E-state index contributed by atoms with van der Waals surface area (Å²) in [5.74, 6) is 1.86. The van der Waals surface area contributed by atoms with Gasteiger partial charge in [0.25, 0.3) is 0 Å². The molecule has 1 N–H and O–H groups in total. The fourth-order valence-electron chi connectivity index (χ4n) is 4.47. The van der Waals surface area contributed by atoms with Crippen molar-refractivity contribution in [1.29, 1.82) is 0 Å². The van der Waals surface area contributed by atoms with Crippen LogP contribution in [0, 0.1) is 12.8 Å². The van der Waals surface area contributed by atoms with Crippen LogP contribution in [0.3, 0.4) is 0 Å². The fraction of sp³-hybridized carbons (Fsp3) is 0.375. The summed E-state index contributed by atoms with van der Waals surface area (Å²) in [6.07, 6.45) is 2.41. The molecule has 0 radical (unpaired) electrons. The molecule has 1 aromatic heterocycles. The first-order valence-corrected chi connectivity index (χ1v) is 10.2. The number of benzene rings is 2. The van der Waals surface area contributed by atoms with Crippen LogP contribution in [-0.4, -0.2) is 20.2 Å². The van der Waals surface area contributed by atoms with Gasteiger partial charge in [0, 0.05) is 11.5 Å². The second-order valence-corrected chi connectivity index (χ2v) is 8.14. The molecular weight excluding hydrogens is 366 g/mol. The molecular formula is C24H27NO4. The largest absolute Gasteiger partial charge is 0.872 e. The van der Waals surface area contributed by atoms with Crippen molar-refractivity contribution in [3.05, 3.63) is 57.9 Å². The molecule has 5 nitrogen and oxygen atoms in total. The molecule has 0 amide bonds. The monoisotopic (exact) mass is 393 g/mol. The lowest BCUT2D eigenvalue weighted by Crippen LogP contribution is -3.12. The molecule has 1 saturated heterocycles. The molecule has 152 valence electrons. The number of nitrogens with one attached hydrogen (secondary N) is 1. The average Bonchev–Trinajstić information content (AvgIpc) is 2.71. The van der Waals surface area contributed by atoms with Gasteiger partial charge in [0.2, 0.25) is 5.43 Å². The zero-order chi connectivity index (χ0) is 20.5. The highest BCUT2D eigenvalue weighted by molar-refractivity contribution is 5.86. The van der Waals surface area contributed by atoms with Gasteiger partial charge in [-0.3, -0.25) is 4.79 Å². The van der Waals surface area contributed by atoms with E-state index in [2.05, 4.69) is 6.92 Å². The number of quaternary nitrogens is 1. The third-order valence-electron chi connectivity index (χ3n) is 5.97. The minimum atomic E-state index is -0.0998. The summed E-state index contributed by atoms with van der Waals surface area (Å²) >= 11 is 0. The average molecular weight is 393 g/mol. The Hall–Kier alpha value is -2.79. The van der Waals surface area contributed by atoms with E-state index < -0.39 is 0 Å². The Labute approximate surface area is 170 Å². The van der Waals surface area contributed by atoms with Crippen LogP contribution in [0.4, 0.5) is 0 Å². The molecule has 0 bridgehead atoms. The Morgan fingerprint density at radius 3 is 2.66 bits per heavy atom. The molecule has 0 spiro atoms. The molecule has 2 unspecified atom stereocenters. The number of hydrogen-bond acceptors (Lipinski definition) is 4. The van der Waals surface area contributed by atoms with Crippen LogP contribution in [0.25, 0.3) is 22.1 Å². The van der Waals surface area contributed by atoms with Crippen LogP contribution in [0.2, 0.25) is 0 Å². The quantitative estimate of drug-likeness (QED) is 0.740. The number of fused-ring (bicyclic) bond motifs is 1. The van der Waals surface area contributed by atoms with E-state index in [-0.39, 0.29) is 11.2 Å². The highest BCUT2D eigenvalue weighted by Gasteiger charge is 2.23. The Morgan fingerprint density at radius 2 is 1.97 bits per heavy atom. The summed E-state index contributed by atoms with van der Waals surface area (Å²) in [5.41, 5.74) is 2.28. The Balaban J connectivity index is 1.81. The van der Waals surface area contributed by atoms with Crippen molar-refractivity contribution >= 4 is 11.0 Å². The lowest BCUT2D eigenvalue weighted by molar-refractivity contribution is -0.922. The van der Waals surface area contributed by atoms with E-state index in [1.54, 1.807) is 20.1 Å². The van der Waals surface area contributed by atoms with Gasteiger partial charge in [0.1, 0.15) is 23.6 Å². The van der Waals surface area contributed by atoms with Gasteiger partial charge in [-0.1, -0.05) is 30.9 Å². The van der Waals surface area contributed by atoms with Crippen LogP contribution >= 0.6 is 0 Å². The number of ether oxygens (including phenoxy) is 1. The lowest BCUT2D eigenvalue weighted by Gasteiger charge is -2.29. The molecule has 3 aromatic rings. The molecule has 0 aliphatic carbocycles.